The number of hydrogen-bond donors (Lipinski definition) is 3. The first-order chi connectivity index (χ1) is 23.8. The van der Waals surface area contributed by atoms with E-state index in [1.54, 1.807) is 11.8 Å². The van der Waals surface area contributed by atoms with Gasteiger partial charge in [0.2, 0.25) is 0 Å². The van der Waals surface area contributed by atoms with Crippen LogP contribution in [0.25, 0.3) is 0 Å². The Hall–Kier alpha value is -5.28. The molecule has 2 aliphatic rings. The Morgan fingerprint density at radius 1 is 0.860 bits per heavy atom. The van der Waals surface area contributed by atoms with Crippen molar-refractivity contribution in [3.05, 3.63) is 115 Å². The first kappa shape index (κ1) is 36.0. The maximum absolute atomic E-state index is 13.5. The summed E-state index contributed by atoms with van der Waals surface area (Å²) in [4.78, 5) is 49.1. The minimum Gasteiger partial charge on any atom is -0.465 e. The quantitative estimate of drug-likeness (QED) is 0.209. The topological polar surface area (TPSA) is 162 Å². The molecule has 3 N–H and O–H groups in total. The summed E-state index contributed by atoms with van der Waals surface area (Å²) in [6.45, 7) is 2.44. The summed E-state index contributed by atoms with van der Waals surface area (Å²) >= 11 is 0. The Labute approximate surface area is 282 Å². The van der Waals surface area contributed by atoms with Gasteiger partial charge in [-0.05, 0) is 80.8 Å². The van der Waals surface area contributed by atoms with Crippen molar-refractivity contribution >= 4 is 12.2 Å². The van der Waals surface area contributed by atoms with Crippen LogP contribution < -0.4 is 11.1 Å². The first-order valence-electron chi connectivity index (χ1n) is 15.9. The highest BCUT2D eigenvalue weighted by molar-refractivity contribution is 5.68. The van der Waals surface area contributed by atoms with Crippen molar-refractivity contribution in [3.63, 3.8) is 0 Å². The molecule has 2 amide bonds. The van der Waals surface area contributed by atoms with Gasteiger partial charge in [0, 0.05) is 48.6 Å². The average Bonchev–Trinajstić information content (AvgIpc) is 3.72. The lowest BCUT2D eigenvalue weighted by Crippen LogP contribution is -2.55. The number of methoxy groups -OCH3 is 1. The second kappa shape index (κ2) is 15.1. The van der Waals surface area contributed by atoms with Gasteiger partial charge in [-0.15, -0.1) is 0 Å². The minimum absolute atomic E-state index is 0.0462. The highest BCUT2D eigenvalue weighted by atomic mass is 19.2. The number of aromatic nitrogens is 2. The van der Waals surface area contributed by atoms with Crippen LogP contribution in [0.2, 0.25) is 0 Å². The molecule has 4 aromatic rings. The molecule has 0 radical (unpaired) electrons. The van der Waals surface area contributed by atoms with Gasteiger partial charge in [-0.1, -0.05) is 12.1 Å². The summed E-state index contributed by atoms with van der Waals surface area (Å²) in [5.41, 5.74) is -0.423. The average molecular weight is 705 g/mol. The summed E-state index contributed by atoms with van der Waals surface area (Å²) in [6, 6.07) is 9.73. The van der Waals surface area contributed by atoms with E-state index in [-0.39, 0.29) is 42.0 Å². The standard InChI is InChI=1S/2C17H18F2N2O4/c1-17(8-10-2-3-12(18)13(19)6-10)9-11(4-5-21(17)16(23)24)14-7-15(22)20-25-14;1-24-17(23)21-5-4-11(15-9-16(22)20-25-15)8-12(21)6-10-2-3-13(18)14(19)7-10/h2-3,6-7,11H,4-5,8-9H2,1H3,(H,20,22)(H,23,24);2-3,7,9,11-12H,4-6,8H2,1H3,(H,20,22)/t11-,17-;11-,12-/m11/s1. The molecule has 0 aliphatic carbocycles. The van der Waals surface area contributed by atoms with Crippen molar-refractivity contribution < 1.29 is 46.0 Å². The van der Waals surface area contributed by atoms with Gasteiger partial charge in [-0.25, -0.2) is 27.2 Å². The van der Waals surface area contributed by atoms with Crippen molar-refractivity contribution in [2.75, 3.05) is 20.2 Å². The Bertz CT molecular complexity index is 1940. The fourth-order valence-electron chi connectivity index (χ4n) is 6.92. The van der Waals surface area contributed by atoms with E-state index in [4.69, 9.17) is 13.8 Å². The fourth-order valence-corrected chi connectivity index (χ4v) is 6.92. The molecular weight excluding hydrogens is 668 g/mol. The summed E-state index contributed by atoms with van der Waals surface area (Å²) in [5, 5.41) is 14.0. The van der Waals surface area contributed by atoms with Crippen molar-refractivity contribution in [1.29, 1.82) is 0 Å². The molecule has 2 aromatic heterocycles. The van der Waals surface area contributed by atoms with Gasteiger partial charge in [-0.3, -0.25) is 9.59 Å². The molecule has 4 heterocycles. The third-order valence-corrected chi connectivity index (χ3v) is 9.31. The molecule has 2 aromatic carbocycles. The zero-order valence-corrected chi connectivity index (χ0v) is 27.2. The number of benzene rings is 2. The molecule has 2 fully saturated rings. The van der Waals surface area contributed by atoms with E-state index in [1.165, 1.54) is 36.3 Å². The number of likely N-dealkylation sites (tertiary alicyclic amines) is 2. The number of carbonyl (C=O) groups is 2. The maximum atomic E-state index is 13.5. The lowest BCUT2D eigenvalue weighted by Gasteiger charge is -2.46. The first-order valence-corrected chi connectivity index (χ1v) is 15.9. The van der Waals surface area contributed by atoms with Crippen LogP contribution in [0.3, 0.4) is 0 Å². The smallest absolute Gasteiger partial charge is 0.409 e. The lowest BCUT2D eigenvalue weighted by molar-refractivity contribution is 0.0461. The van der Waals surface area contributed by atoms with E-state index in [9.17, 15) is 41.8 Å². The number of amides is 2. The Morgan fingerprint density at radius 2 is 1.42 bits per heavy atom. The Balaban J connectivity index is 0.000000194. The number of piperidine rings is 2. The number of carboxylic acid groups (broad SMARTS) is 1. The number of carbonyl (C=O) groups excluding carboxylic acids is 1. The largest absolute Gasteiger partial charge is 0.465 e. The molecule has 0 saturated carbocycles. The van der Waals surface area contributed by atoms with E-state index in [2.05, 4.69) is 10.3 Å². The number of ether oxygens (including phenoxy) is 1. The number of aromatic amines is 2. The summed E-state index contributed by atoms with van der Waals surface area (Å²) in [6.07, 6.45) is 1.08. The number of nitrogens with one attached hydrogen (secondary N) is 2. The van der Waals surface area contributed by atoms with E-state index in [0.29, 0.717) is 61.3 Å². The number of H-pyrrole nitrogens is 2. The molecule has 0 spiro atoms. The third-order valence-electron chi connectivity index (χ3n) is 9.31. The number of nitrogens with zero attached hydrogens (tertiary/aromatic N) is 2. The molecule has 12 nitrogen and oxygen atoms in total. The van der Waals surface area contributed by atoms with Gasteiger partial charge in [0.1, 0.15) is 11.5 Å². The van der Waals surface area contributed by atoms with E-state index < -0.39 is 41.0 Å². The highest BCUT2D eigenvalue weighted by Gasteiger charge is 2.43. The Kier molecular flexibility index (Phi) is 10.9. The summed E-state index contributed by atoms with van der Waals surface area (Å²) in [5.74, 6) is -2.92. The monoisotopic (exact) mass is 704 g/mol. The van der Waals surface area contributed by atoms with E-state index in [1.807, 2.05) is 0 Å². The van der Waals surface area contributed by atoms with Gasteiger partial charge >= 0.3 is 12.2 Å². The summed E-state index contributed by atoms with van der Waals surface area (Å²) < 4.78 is 68.4. The fraction of sp³-hybridized carbons (Fsp3) is 0.412. The predicted molar refractivity (Wildman–Crippen MR) is 169 cm³/mol. The molecule has 6 rings (SSSR count). The van der Waals surface area contributed by atoms with Gasteiger partial charge in [0.05, 0.1) is 7.11 Å². The lowest BCUT2D eigenvalue weighted by atomic mass is 9.77. The van der Waals surface area contributed by atoms with Crippen molar-refractivity contribution in [3.8, 4) is 0 Å². The van der Waals surface area contributed by atoms with E-state index >= 15 is 0 Å². The molecule has 268 valence electrons. The van der Waals surface area contributed by atoms with E-state index in [0.717, 1.165) is 24.3 Å². The highest BCUT2D eigenvalue weighted by Crippen LogP contribution is 2.39. The number of rotatable bonds is 6. The number of halogens is 4. The summed E-state index contributed by atoms with van der Waals surface area (Å²) in [7, 11) is 1.30. The zero-order chi connectivity index (χ0) is 36.2. The zero-order valence-electron chi connectivity index (χ0n) is 27.2. The SMILES string of the molecule is COC(=O)N1CC[C@@H](c2cc(=O)[nH]o2)C[C@H]1Cc1ccc(F)c(F)c1.C[C@@]1(Cc2ccc(F)c(F)c2)C[C@H](c2cc(=O)[nH]o2)CCN1C(=O)O. The molecule has 2 saturated heterocycles. The molecule has 16 heteroatoms. The van der Waals surface area contributed by atoms with Crippen LogP contribution in [-0.4, -0.2) is 69.2 Å². The van der Waals surface area contributed by atoms with Gasteiger partial charge in [-0.2, -0.15) is 10.3 Å². The molecular formula is C34H36F4N4O8. The van der Waals surface area contributed by atoms with Crippen molar-refractivity contribution in [2.45, 2.75) is 68.9 Å². The van der Waals surface area contributed by atoms with Crippen LogP contribution in [0.5, 0.6) is 0 Å². The van der Waals surface area contributed by atoms with Crippen LogP contribution in [0, 0.1) is 23.3 Å². The van der Waals surface area contributed by atoms with Crippen LogP contribution in [0.15, 0.2) is 67.2 Å². The van der Waals surface area contributed by atoms with Gasteiger partial charge in [0.15, 0.2) is 23.3 Å². The minimum atomic E-state index is -1.07. The van der Waals surface area contributed by atoms with Crippen LogP contribution in [0.1, 0.15) is 67.1 Å². The van der Waals surface area contributed by atoms with Gasteiger partial charge < -0.3 is 28.7 Å². The molecule has 0 unspecified atom stereocenters. The second-order valence-electron chi connectivity index (χ2n) is 12.8. The van der Waals surface area contributed by atoms with Crippen LogP contribution in [0.4, 0.5) is 27.2 Å². The predicted octanol–water partition coefficient (Wildman–Crippen LogP) is 5.91. The molecule has 0 bridgehead atoms. The second-order valence-corrected chi connectivity index (χ2v) is 12.8. The van der Waals surface area contributed by atoms with Crippen LogP contribution in [-0.2, 0) is 17.6 Å². The Morgan fingerprint density at radius 3 is 1.96 bits per heavy atom. The molecule has 2 aliphatic heterocycles. The molecule has 4 atom stereocenters. The maximum Gasteiger partial charge on any atom is 0.409 e. The third kappa shape index (κ3) is 8.29. The van der Waals surface area contributed by atoms with Crippen molar-refractivity contribution in [1.82, 2.24) is 20.1 Å². The molecule has 50 heavy (non-hydrogen) atoms. The van der Waals surface area contributed by atoms with Gasteiger partial charge in [0.25, 0.3) is 11.1 Å². The number of hydrogen-bond acceptors (Lipinski definition) is 7. The van der Waals surface area contributed by atoms with Crippen LogP contribution >= 0.6 is 0 Å². The normalized spacial score (nSPS) is 22.1. The van der Waals surface area contributed by atoms with Crippen molar-refractivity contribution in [2.24, 2.45) is 0 Å².